The summed E-state index contributed by atoms with van der Waals surface area (Å²) in [5, 5.41) is 9.61. The summed E-state index contributed by atoms with van der Waals surface area (Å²) in [5.74, 6) is 0.246. The number of anilines is 1. The molecule has 2 aromatic rings. The number of pyridine rings is 1. The van der Waals surface area contributed by atoms with Gasteiger partial charge in [0, 0.05) is 11.8 Å². The fraction of sp³-hybridized carbons (Fsp3) is 0.250. The van der Waals surface area contributed by atoms with Crippen molar-refractivity contribution in [3.63, 3.8) is 0 Å². The van der Waals surface area contributed by atoms with Gasteiger partial charge in [-0.25, -0.2) is 4.98 Å². The number of rotatable bonds is 4. The van der Waals surface area contributed by atoms with E-state index in [1.54, 1.807) is 18.2 Å². The highest BCUT2D eigenvalue weighted by molar-refractivity contribution is 9.10. The van der Waals surface area contributed by atoms with Crippen molar-refractivity contribution in [1.29, 1.82) is 0 Å². The fourth-order valence-electron chi connectivity index (χ4n) is 1.54. The molecule has 0 aliphatic rings. The zero-order chi connectivity index (χ0) is 13.0. The number of aromatic amines is 1. The normalized spacial score (nSPS) is 10.3. The third-order valence-corrected chi connectivity index (χ3v) is 2.78. The summed E-state index contributed by atoms with van der Waals surface area (Å²) in [5.41, 5.74) is 1.36. The molecule has 0 bridgehead atoms. The molecule has 2 heterocycles. The zero-order valence-electron chi connectivity index (χ0n) is 9.90. The molecular formula is C12H13BrN4O. The first-order chi connectivity index (χ1) is 8.69. The van der Waals surface area contributed by atoms with Crippen molar-refractivity contribution in [2.45, 2.75) is 19.8 Å². The molecule has 94 valence electrons. The van der Waals surface area contributed by atoms with Crippen molar-refractivity contribution in [3.8, 4) is 0 Å². The fourth-order valence-corrected chi connectivity index (χ4v) is 1.88. The monoisotopic (exact) mass is 308 g/mol. The van der Waals surface area contributed by atoms with Gasteiger partial charge in [-0.05, 0) is 34.5 Å². The summed E-state index contributed by atoms with van der Waals surface area (Å²) in [4.78, 5) is 16.0. The van der Waals surface area contributed by atoms with E-state index in [2.05, 4.69) is 43.4 Å². The van der Waals surface area contributed by atoms with Gasteiger partial charge in [-0.2, -0.15) is 5.10 Å². The van der Waals surface area contributed by atoms with E-state index in [4.69, 9.17) is 0 Å². The second-order valence-electron chi connectivity index (χ2n) is 3.83. The highest BCUT2D eigenvalue weighted by Gasteiger charge is 2.09. The third-order valence-electron chi connectivity index (χ3n) is 2.34. The van der Waals surface area contributed by atoms with Crippen LogP contribution in [0.25, 0.3) is 0 Å². The molecule has 0 saturated heterocycles. The number of carbonyl (C=O) groups is 1. The Morgan fingerprint density at radius 1 is 1.50 bits per heavy atom. The molecular weight excluding hydrogens is 296 g/mol. The van der Waals surface area contributed by atoms with E-state index >= 15 is 0 Å². The second kappa shape index (κ2) is 5.77. The highest BCUT2D eigenvalue weighted by Crippen LogP contribution is 2.10. The highest BCUT2D eigenvalue weighted by atomic mass is 79.9. The van der Waals surface area contributed by atoms with Crippen LogP contribution in [0.2, 0.25) is 0 Å². The molecule has 0 aliphatic heterocycles. The molecule has 0 atom stereocenters. The van der Waals surface area contributed by atoms with Crippen molar-refractivity contribution in [3.05, 3.63) is 40.3 Å². The van der Waals surface area contributed by atoms with Gasteiger partial charge in [-0.3, -0.25) is 9.89 Å². The van der Waals surface area contributed by atoms with Crippen LogP contribution in [-0.2, 0) is 6.42 Å². The van der Waals surface area contributed by atoms with Crippen LogP contribution in [0.3, 0.4) is 0 Å². The molecule has 1 amide bonds. The minimum atomic E-state index is -0.272. The number of hydrogen-bond donors (Lipinski definition) is 2. The lowest BCUT2D eigenvalue weighted by atomic mass is 10.2. The van der Waals surface area contributed by atoms with Gasteiger partial charge in [0.05, 0.1) is 0 Å². The molecule has 2 rings (SSSR count). The van der Waals surface area contributed by atoms with Gasteiger partial charge in [-0.15, -0.1) is 0 Å². The first kappa shape index (κ1) is 12.8. The van der Waals surface area contributed by atoms with Crippen molar-refractivity contribution in [2.24, 2.45) is 0 Å². The molecule has 0 saturated carbocycles. The number of H-pyrrole nitrogens is 1. The minimum Gasteiger partial charge on any atom is -0.304 e. The number of nitrogens with one attached hydrogen (secondary N) is 2. The Bertz CT molecular complexity index is 553. The molecule has 0 radical (unpaired) electrons. The topological polar surface area (TPSA) is 70.7 Å². The summed E-state index contributed by atoms with van der Waals surface area (Å²) in [6.45, 7) is 2.09. The maximum Gasteiger partial charge on any atom is 0.275 e. The Morgan fingerprint density at radius 2 is 2.33 bits per heavy atom. The summed E-state index contributed by atoms with van der Waals surface area (Å²) in [6.07, 6.45) is 1.95. The Balaban J connectivity index is 2.06. The van der Waals surface area contributed by atoms with E-state index in [0.717, 1.165) is 18.5 Å². The van der Waals surface area contributed by atoms with Crippen LogP contribution in [0, 0.1) is 0 Å². The predicted octanol–water partition coefficient (Wildman–Crippen LogP) is 2.77. The van der Waals surface area contributed by atoms with Crippen LogP contribution in [0.4, 0.5) is 5.82 Å². The Labute approximate surface area is 113 Å². The maximum absolute atomic E-state index is 11.9. The lowest BCUT2D eigenvalue weighted by Gasteiger charge is -2.00. The second-order valence-corrected chi connectivity index (χ2v) is 4.64. The van der Waals surface area contributed by atoms with Gasteiger partial charge >= 0.3 is 0 Å². The van der Waals surface area contributed by atoms with Crippen molar-refractivity contribution in [2.75, 3.05) is 5.32 Å². The smallest absolute Gasteiger partial charge is 0.275 e. The van der Waals surface area contributed by atoms with Gasteiger partial charge < -0.3 is 5.32 Å². The Kier molecular flexibility index (Phi) is 4.09. The average Bonchev–Trinajstić information content (AvgIpc) is 2.77. The maximum atomic E-state index is 11.9. The summed E-state index contributed by atoms with van der Waals surface area (Å²) in [7, 11) is 0. The summed E-state index contributed by atoms with van der Waals surface area (Å²) in [6, 6.07) is 7.02. The summed E-state index contributed by atoms with van der Waals surface area (Å²) >= 11 is 3.23. The van der Waals surface area contributed by atoms with E-state index in [-0.39, 0.29) is 5.91 Å². The van der Waals surface area contributed by atoms with E-state index in [1.165, 1.54) is 0 Å². The van der Waals surface area contributed by atoms with Gasteiger partial charge in [0.15, 0.2) is 5.82 Å². The van der Waals surface area contributed by atoms with Crippen LogP contribution >= 0.6 is 15.9 Å². The molecule has 6 heteroatoms. The van der Waals surface area contributed by atoms with Crippen LogP contribution in [0.5, 0.6) is 0 Å². The molecule has 0 fully saturated rings. The lowest BCUT2D eigenvalue weighted by Crippen LogP contribution is -2.13. The van der Waals surface area contributed by atoms with Crippen molar-refractivity contribution < 1.29 is 4.79 Å². The molecule has 5 nitrogen and oxygen atoms in total. The van der Waals surface area contributed by atoms with E-state index in [0.29, 0.717) is 16.1 Å². The number of hydrogen-bond acceptors (Lipinski definition) is 3. The first-order valence-electron chi connectivity index (χ1n) is 5.67. The average molecular weight is 309 g/mol. The van der Waals surface area contributed by atoms with Crippen molar-refractivity contribution in [1.82, 2.24) is 15.2 Å². The number of aromatic nitrogens is 3. The largest absolute Gasteiger partial charge is 0.304 e. The molecule has 0 aliphatic carbocycles. The molecule has 0 unspecified atom stereocenters. The number of amides is 1. The van der Waals surface area contributed by atoms with Crippen LogP contribution < -0.4 is 5.32 Å². The first-order valence-corrected chi connectivity index (χ1v) is 6.46. The standard InChI is InChI=1S/C12H13BrN4O/c1-2-4-8-7-11(17-16-8)15-12(18)9-5-3-6-10(13)14-9/h3,5-7H,2,4H2,1H3,(H2,15,16,17,18). The molecule has 0 spiro atoms. The van der Waals surface area contributed by atoms with Crippen LogP contribution in [-0.4, -0.2) is 21.1 Å². The minimum absolute atomic E-state index is 0.272. The third kappa shape index (κ3) is 3.16. The summed E-state index contributed by atoms with van der Waals surface area (Å²) < 4.78 is 0.629. The predicted molar refractivity (Wildman–Crippen MR) is 72.5 cm³/mol. The Morgan fingerprint density at radius 3 is 3.06 bits per heavy atom. The molecule has 2 aromatic heterocycles. The Hall–Kier alpha value is -1.69. The zero-order valence-corrected chi connectivity index (χ0v) is 11.5. The van der Waals surface area contributed by atoms with Gasteiger partial charge in [0.1, 0.15) is 10.3 Å². The van der Waals surface area contributed by atoms with E-state index in [1.807, 2.05) is 6.07 Å². The SMILES string of the molecule is CCCc1cc(NC(=O)c2cccc(Br)n2)n[nH]1. The van der Waals surface area contributed by atoms with Gasteiger partial charge in [0.2, 0.25) is 0 Å². The van der Waals surface area contributed by atoms with Crippen LogP contribution in [0.1, 0.15) is 29.5 Å². The lowest BCUT2D eigenvalue weighted by molar-refractivity contribution is 0.102. The van der Waals surface area contributed by atoms with E-state index < -0.39 is 0 Å². The van der Waals surface area contributed by atoms with E-state index in [9.17, 15) is 4.79 Å². The number of nitrogens with zero attached hydrogens (tertiary/aromatic N) is 2. The van der Waals surface area contributed by atoms with Crippen molar-refractivity contribution >= 4 is 27.7 Å². The number of carbonyl (C=O) groups excluding carboxylic acids is 1. The van der Waals surface area contributed by atoms with Crippen LogP contribution in [0.15, 0.2) is 28.9 Å². The molecule has 0 aromatic carbocycles. The van der Waals surface area contributed by atoms with Gasteiger partial charge in [-0.1, -0.05) is 19.4 Å². The number of aryl methyl sites for hydroxylation is 1. The number of halogens is 1. The molecule has 18 heavy (non-hydrogen) atoms. The quantitative estimate of drug-likeness (QED) is 0.853. The van der Waals surface area contributed by atoms with Gasteiger partial charge in [0.25, 0.3) is 5.91 Å². The molecule has 2 N–H and O–H groups in total.